The van der Waals surface area contributed by atoms with Gasteiger partial charge < -0.3 is 0 Å². The van der Waals surface area contributed by atoms with Gasteiger partial charge in [-0.2, -0.15) is 0 Å². The molecule has 0 aromatic rings. The highest BCUT2D eigenvalue weighted by Gasteiger charge is 2.26. The lowest BCUT2D eigenvalue weighted by molar-refractivity contribution is -0.124. The first-order valence-electron chi connectivity index (χ1n) is 3.83. The minimum Gasteiger partial charge on any atom is -0.298 e. The molecule has 0 unspecified atom stereocenters. The molecule has 0 saturated carbocycles. The van der Waals surface area contributed by atoms with E-state index >= 15 is 0 Å². The van der Waals surface area contributed by atoms with Crippen LogP contribution in [0.4, 0.5) is 0 Å². The smallest absolute Gasteiger partial charge is 0.147 e. The fraction of sp³-hybridized carbons (Fsp3) is 0.875. The lowest BCUT2D eigenvalue weighted by atomic mass is 9.92. The van der Waals surface area contributed by atoms with Crippen molar-refractivity contribution in [3.8, 4) is 0 Å². The van der Waals surface area contributed by atoms with Gasteiger partial charge in [0, 0.05) is 12.5 Å². The first kappa shape index (κ1) is 7.73. The summed E-state index contributed by atoms with van der Waals surface area (Å²) in [5.41, 5.74) is 0. The van der Waals surface area contributed by atoms with Crippen LogP contribution in [0.15, 0.2) is 0 Å². The zero-order chi connectivity index (χ0) is 7.72. The Bertz CT molecular complexity index is 130. The summed E-state index contributed by atoms with van der Waals surface area (Å²) in [6.07, 6.45) is 0.769. The van der Waals surface area contributed by atoms with Gasteiger partial charge in [0.05, 0.1) is 6.54 Å². The maximum absolute atomic E-state index is 11.0. The van der Waals surface area contributed by atoms with Gasteiger partial charge in [0.15, 0.2) is 0 Å². The van der Waals surface area contributed by atoms with Crippen LogP contribution in [0.25, 0.3) is 0 Å². The number of nitrogens with zero attached hydrogens (tertiary/aromatic N) is 1. The minimum absolute atomic E-state index is 0.383. The predicted octanol–water partition coefficient (Wildman–Crippen LogP) is 0.916. The van der Waals surface area contributed by atoms with Crippen molar-refractivity contribution in [2.75, 3.05) is 13.6 Å². The van der Waals surface area contributed by atoms with Gasteiger partial charge in [-0.15, -0.1) is 0 Å². The Morgan fingerprint density at radius 1 is 1.50 bits per heavy atom. The highest BCUT2D eigenvalue weighted by molar-refractivity contribution is 5.81. The highest BCUT2D eigenvalue weighted by Crippen LogP contribution is 2.18. The van der Waals surface area contributed by atoms with Crippen molar-refractivity contribution in [2.45, 2.75) is 26.3 Å². The molecule has 2 atom stereocenters. The van der Waals surface area contributed by atoms with Crippen molar-refractivity contribution in [3.05, 3.63) is 0 Å². The monoisotopic (exact) mass is 141 g/mol. The summed E-state index contributed by atoms with van der Waals surface area (Å²) >= 11 is 0. The van der Waals surface area contributed by atoms with Crippen LogP contribution < -0.4 is 0 Å². The molecule has 0 aromatic carbocycles. The average molecular weight is 141 g/mol. The second-order valence-electron chi connectivity index (χ2n) is 3.38. The molecule has 0 amide bonds. The number of carbonyl (C=O) groups is 1. The lowest BCUT2D eigenvalue weighted by Gasteiger charge is -2.33. The third-order valence-electron chi connectivity index (χ3n) is 2.49. The molecule has 0 aliphatic carbocycles. The van der Waals surface area contributed by atoms with Crippen LogP contribution in [0.5, 0.6) is 0 Å². The average Bonchev–Trinajstić information content (AvgIpc) is 1.82. The zero-order valence-electron chi connectivity index (χ0n) is 6.92. The van der Waals surface area contributed by atoms with E-state index in [-0.39, 0.29) is 0 Å². The first-order chi connectivity index (χ1) is 4.61. The third-order valence-corrected chi connectivity index (χ3v) is 2.49. The Morgan fingerprint density at radius 2 is 2.10 bits per heavy atom. The van der Waals surface area contributed by atoms with Crippen LogP contribution in [-0.2, 0) is 4.79 Å². The fourth-order valence-corrected chi connectivity index (χ4v) is 1.45. The van der Waals surface area contributed by atoms with E-state index in [0.717, 1.165) is 6.42 Å². The molecule has 1 rings (SSSR count). The van der Waals surface area contributed by atoms with Crippen molar-refractivity contribution in [2.24, 2.45) is 5.92 Å². The van der Waals surface area contributed by atoms with E-state index in [9.17, 15) is 4.79 Å². The number of hydrogen-bond donors (Lipinski definition) is 0. The maximum Gasteiger partial charge on any atom is 0.147 e. The summed E-state index contributed by atoms with van der Waals surface area (Å²) in [7, 11) is 2.01. The number of piperidine rings is 1. The standard InChI is InChI=1S/C8H15NO/c1-6-4-8(10)5-9(3)7(6)2/h6-7H,4-5H2,1-3H3/t6-,7+/m1/s1. The minimum atomic E-state index is 0.383. The number of rotatable bonds is 0. The molecule has 1 aliphatic rings. The number of Topliss-reactive ketones (excluding diaryl/α,β-unsaturated/α-hetero) is 1. The van der Waals surface area contributed by atoms with Crippen LogP contribution in [0, 0.1) is 5.92 Å². The van der Waals surface area contributed by atoms with Gasteiger partial charge in [-0.05, 0) is 19.9 Å². The molecule has 2 nitrogen and oxygen atoms in total. The molecule has 0 radical (unpaired) electrons. The largest absolute Gasteiger partial charge is 0.298 e. The molecule has 58 valence electrons. The van der Waals surface area contributed by atoms with Gasteiger partial charge in [-0.25, -0.2) is 0 Å². The molecule has 1 saturated heterocycles. The Labute approximate surface area is 62.2 Å². The SMILES string of the molecule is C[C@@H]1CC(=O)CN(C)[C@H]1C. The molecule has 1 heterocycles. The van der Waals surface area contributed by atoms with Crippen molar-refractivity contribution in [1.29, 1.82) is 0 Å². The Morgan fingerprint density at radius 3 is 2.60 bits per heavy atom. The first-order valence-corrected chi connectivity index (χ1v) is 3.83. The van der Waals surface area contributed by atoms with Gasteiger partial charge in [0.2, 0.25) is 0 Å². The second kappa shape index (κ2) is 2.70. The van der Waals surface area contributed by atoms with Gasteiger partial charge in [0.25, 0.3) is 0 Å². The normalized spacial score (nSPS) is 36.5. The Hall–Kier alpha value is -0.370. The zero-order valence-corrected chi connectivity index (χ0v) is 6.92. The van der Waals surface area contributed by atoms with Crippen molar-refractivity contribution in [1.82, 2.24) is 4.90 Å². The molecular formula is C8H15NO. The summed E-state index contributed by atoms with van der Waals surface area (Å²) in [4.78, 5) is 13.1. The van der Waals surface area contributed by atoms with E-state index in [0.29, 0.717) is 24.3 Å². The van der Waals surface area contributed by atoms with Crippen LogP contribution in [0.2, 0.25) is 0 Å². The topological polar surface area (TPSA) is 20.3 Å². The van der Waals surface area contributed by atoms with E-state index in [1.807, 2.05) is 7.05 Å². The van der Waals surface area contributed by atoms with Gasteiger partial charge in [-0.1, -0.05) is 6.92 Å². The molecule has 0 spiro atoms. The number of likely N-dealkylation sites (tertiary alicyclic amines) is 1. The van der Waals surface area contributed by atoms with Crippen LogP contribution in [-0.4, -0.2) is 30.3 Å². The summed E-state index contributed by atoms with van der Waals surface area (Å²) in [6, 6.07) is 0.567. The predicted molar refractivity (Wildman–Crippen MR) is 40.9 cm³/mol. The van der Waals surface area contributed by atoms with Crippen molar-refractivity contribution < 1.29 is 4.79 Å². The molecule has 0 bridgehead atoms. The van der Waals surface area contributed by atoms with E-state index in [4.69, 9.17) is 0 Å². The molecule has 2 heteroatoms. The van der Waals surface area contributed by atoms with Gasteiger partial charge >= 0.3 is 0 Å². The van der Waals surface area contributed by atoms with E-state index < -0.39 is 0 Å². The quantitative estimate of drug-likeness (QED) is 0.500. The number of ketones is 1. The van der Waals surface area contributed by atoms with E-state index in [1.165, 1.54) is 0 Å². The lowest BCUT2D eigenvalue weighted by Crippen LogP contribution is -2.44. The number of hydrogen-bond acceptors (Lipinski definition) is 2. The van der Waals surface area contributed by atoms with Crippen LogP contribution in [0.3, 0.4) is 0 Å². The van der Waals surface area contributed by atoms with Gasteiger partial charge in [-0.3, -0.25) is 9.69 Å². The maximum atomic E-state index is 11.0. The molecule has 0 N–H and O–H groups in total. The van der Waals surface area contributed by atoms with Crippen LogP contribution >= 0.6 is 0 Å². The third kappa shape index (κ3) is 1.37. The van der Waals surface area contributed by atoms with Gasteiger partial charge in [0.1, 0.15) is 5.78 Å². The van der Waals surface area contributed by atoms with Crippen molar-refractivity contribution in [3.63, 3.8) is 0 Å². The summed E-state index contributed by atoms with van der Waals surface area (Å²) < 4.78 is 0. The van der Waals surface area contributed by atoms with E-state index in [1.54, 1.807) is 0 Å². The van der Waals surface area contributed by atoms with Crippen molar-refractivity contribution >= 4 is 5.78 Å². The Balaban J connectivity index is 2.57. The number of likely N-dealkylation sites (N-methyl/N-ethyl adjacent to an activating group) is 1. The molecule has 1 fully saturated rings. The fourth-order valence-electron chi connectivity index (χ4n) is 1.45. The molecule has 10 heavy (non-hydrogen) atoms. The molecule has 0 aromatic heterocycles. The van der Waals surface area contributed by atoms with Crippen LogP contribution in [0.1, 0.15) is 20.3 Å². The molecular weight excluding hydrogens is 126 g/mol. The summed E-state index contributed by atoms with van der Waals surface area (Å²) in [5, 5.41) is 0. The summed E-state index contributed by atoms with van der Waals surface area (Å²) in [5.74, 6) is 0.916. The Kier molecular flexibility index (Phi) is 2.09. The molecule has 1 aliphatic heterocycles. The highest BCUT2D eigenvalue weighted by atomic mass is 16.1. The number of carbonyl (C=O) groups excluding carboxylic acids is 1. The second-order valence-corrected chi connectivity index (χ2v) is 3.38. The summed E-state index contributed by atoms with van der Waals surface area (Å²) in [6.45, 7) is 4.96. The van der Waals surface area contributed by atoms with E-state index in [2.05, 4.69) is 18.7 Å².